The first-order valence-corrected chi connectivity index (χ1v) is 6.11. The van der Waals surface area contributed by atoms with E-state index in [0.29, 0.717) is 5.15 Å². The highest BCUT2D eigenvalue weighted by atomic mass is 35.5. The lowest BCUT2D eigenvalue weighted by Gasteiger charge is -2.29. The van der Waals surface area contributed by atoms with E-state index in [9.17, 15) is 5.11 Å². The number of aryl methyl sites for hydroxylation is 1. The number of anilines is 1. The molecule has 2 rings (SSSR count). The van der Waals surface area contributed by atoms with Gasteiger partial charge in [-0.2, -0.15) is 0 Å². The molecule has 0 aliphatic heterocycles. The molecule has 0 saturated heterocycles. The normalized spacial score (nSPS) is 25.4. The van der Waals surface area contributed by atoms with Gasteiger partial charge in [-0.15, -0.1) is 0 Å². The molecule has 1 aromatic rings. The summed E-state index contributed by atoms with van der Waals surface area (Å²) >= 11 is 5.86. The summed E-state index contributed by atoms with van der Waals surface area (Å²) in [4.78, 5) is 4.09. The summed E-state index contributed by atoms with van der Waals surface area (Å²) in [5, 5.41) is 13.7. The zero-order chi connectivity index (χ0) is 11.5. The molecule has 16 heavy (non-hydrogen) atoms. The maximum atomic E-state index is 9.85. The fraction of sp³-hybridized carbons (Fsp3) is 0.583. The SMILES string of the molecule is Cc1cc(N[C@H]2CCCC[C@H]2O)cnc1Cl. The van der Waals surface area contributed by atoms with Gasteiger partial charge in [0.1, 0.15) is 5.15 Å². The molecule has 88 valence electrons. The summed E-state index contributed by atoms with van der Waals surface area (Å²) in [7, 11) is 0. The number of nitrogens with one attached hydrogen (secondary N) is 1. The molecular weight excluding hydrogens is 224 g/mol. The fourth-order valence-electron chi connectivity index (χ4n) is 2.13. The molecule has 4 heteroatoms. The Balaban J connectivity index is 2.05. The minimum Gasteiger partial charge on any atom is -0.391 e. The Hall–Kier alpha value is -0.800. The lowest BCUT2D eigenvalue weighted by Crippen LogP contribution is -2.36. The summed E-state index contributed by atoms with van der Waals surface area (Å²) in [5.74, 6) is 0. The van der Waals surface area contributed by atoms with Crippen molar-refractivity contribution in [3.8, 4) is 0 Å². The van der Waals surface area contributed by atoms with Crippen molar-refractivity contribution in [2.75, 3.05) is 5.32 Å². The highest BCUT2D eigenvalue weighted by Crippen LogP contribution is 2.23. The van der Waals surface area contributed by atoms with Crippen LogP contribution in [-0.2, 0) is 0 Å². The number of hydrogen-bond acceptors (Lipinski definition) is 3. The van der Waals surface area contributed by atoms with Crippen molar-refractivity contribution in [2.24, 2.45) is 0 Å². The van der Waals surface area contributed by atoms with Gasteiger partial charge < -0.3 is 10.4 Å². The first-order chi connectivity index (χ1) is 7.66. The van der Waals surface area contributed by atoms with E-state index in [1.165, 1.54) is 6.42 Å². The molecule has 0 unspecified atom stereocenters. The van der Waals surface area contributed by atoms with E-state index in [4.69, 9.17) is 11.6 Å². The molecule has 1 heterocycles. The Bertz CT molecular complexity index is 370. The van der Waals surface area contributed by atoms with Crippen molar-refractivity contribution in [3.05, 3.63) is 23.0 Å². The van der Waals surface area contributed by atoms with Crippen LogP contribution in [0.4, 0.5) is 5.69 Å². The highest BCUT2D eigenvalue weighted by molar-refractivity contribution is 6.30. The molecule has 1 aliphatic rings. The van der Waals surface area contributed by atoms with E-state index in [1.54, 1.807) is 6.20 Å². The summed E-state index contributed by atoms with van der Waals surface area (Å²) in [5.41, 5.74) is 1.89. The lowest BCUT2D eigenvalue weighted by molar-refractivity contribution is 0.116. The molecule has 2 atom stereocenters. The summed E-state index contributed by atoms with van der Waals surface area (Å²) in [6.07, 6.45) is 5.67. The average Bonchev–Trinajstić information content (AvgIpc) is 2.27. The Morgan fingerprint density at radius 2 is 2.19 bits per heavy atom. The second-order valence-corrected chi connectivity index (χ2v) is 4.79. The molecule has 1 saturated carbocycles. The van der Waals surface area contributed by atoms with Crippen LogP contribution in [0.1, 0.15) is 31.2 Å². The molecule has 1 fully saturated rings. The van der Waals surface area contributed by atoms with Gasteiger partial charge in [0.2, 0.25) is 0 Å². The molecule has 0 amide bonds. The number of halogens is 1. The zero-order valence-corrected chi connectivity index (χ0v) is 10.2. The van der Waals surface area contributed by atoms with Gasteiger partial charge in [0, 0.05) is 0 Å². The van der Waals surface area contributed by atoms with Crippen LogP contribution >= 0.6 is 11.6 Å². The van der Waals surface area contributed by atoms with Crippen molar-refractivity contribution in [1.29, 1.82) is 0 Å². The lowest BCUT2D eigenvalue weighted by atomic mass is 9.92. The van der Waals surface area contributed by atoms with Crippen LogP contribution in [0, 0.1) is 6.92 Å². The minimum absolute atomic E-state index is 0.149. The van der Waals surface area contributed by atoms with Crippen molar-refractivity contribution in [1.82, 2.24) is 4.98 Å². The largest absolute Gasteiger partial charge is 0.391 e. The third kappa shape index (κ3) is 2.66. The number of nitrogens with zero attached hydrogens (tertiary/aromatic N) is 1. The molecule has 1 aliphatic carbocycles. The number of pyridine rings is 1. The Kier molecular flexibility index (Phi) is 3.66. The Morgan fingerprint density at radius 3 is 2.88 bits per heavy atom. The topological polar surface area (TPSA) is 45.1 Å². The van der Waals surface area contributed by atoms with Gasteiger partial charge in [-0.05, 0) is 31.4 Å². The summed E-state index contributed by atoms with van der Waals surface area (Å²) < 4.78 is 0. The number of aliphatic hydroxyl groups excluding tert-OH is 1. The second kappa shape index (κ2) is 5.02. The summed E-state index contributed by atoms with van der Waals surface area (Å²) in [6, 6.07) is 2.12. The van der Waals surface area contributed by atoms with Crippen LogP contribution < -0.4 is 5.32 Å². The number of aromatic nitrogens is 1. The van der Waals surface area contributed by atoms with Gasteiger partial charge >= 0.3 is 0 Å². The van der Waals surface area contributed by atoms with Crippen molar-refractivity contribution in [3.63, 3.8) is 0 Å². The standard InChI is InChI=1S/C12H17ClN2O/c1-8-6-9(7-14-12(8)13)15-10-4-2-3-5-11(10)16/h6-7,10-11,15-16H,2-5H2,1H3/t10-,11+/m0/s1. The predicted molar refractivity (Wildman–Crippen MR) is 65.9 cm³/mol. The Labute approximate surface area is 101 Å². The quantitative estimate of drug-likeness (QED) is 0.782. The van der Waals surface area contributed by atoms with Gasteiger partial charge in [0.05, 0.1) is 24.0 Å². The number of hydrogen-bond donors (Lipinski definition) is 2. The van der Waals surface area contributed by atoms with E-state index in [0.717, 1.165) is 30.5 Å². The predicted octanol–water partition coefficient (Wildman–Crippen LogP) is 2.76. The molecule has 1 aromatic heterocycles. The van der Waals surface area contributed by atoms with Crippen LogP contribution in [0.15, 0.2) is 12.3 Å². The second-order valence-electron chi connectivity index (χ2n) is 4.43. The Morgan fingerprint density at radius 1 is 1.44 bits per heavy atom. The number of rotatable bonds is 2. The first kappa shape index (κ1) is 11.7. The molecule has 0 spiro atoms. The molecule has 0 radical (unpaired) electrons. The minimum atomic E-state index is -0.246. The monoisotopic (exact) mass is 240 g/mol. The maximum absolute atomic E-state index is 9.85. The van der Waals surface area contributed by atoms with Crippen molar-refractivity contribution in [2.45, 2.75) is 44.8 Å². The molecule has 3 nitrogen and oxygen atoms in total. The molecular formula is C12H17ClN2O. The smallest absolute Gasteiger partial charge is 0.132 e. The molecule has 2 N–H and O–H groups in total. The van der Waals surface area contributed by atoms with E-state index in [-0.39, 0.29) is 12.1 Å². The van der Waals surface area contributed by atoms with Gasteiger partial charge in [-0.3, -0.25) is 0 Å². The third-order valence-electron chi connectivity index (χ3n) is 3.10. The van der Waals surface area contributed by atoms with Gasteiger partial charge in [0.15, 0.2) is 0 Å². The van der Waals surface area contributed by atoms with Crippen LogP contribution in [0.5, 0.6) is 0 Å². The molecule has 0 aromatic carbocycles. The number of aliphatic hydroxyl groups is 1. The third-order valence-corrected chi connectivity index (χ3v) is 3.49. The van der Waals surface area contributed by atoms with E-state index < -0.39 is 0 Å². The summed E-state index contributed by atoms with van der Waals surface area (Å²) in [6.45, 7) is 1.93. The molecule has 0 bridgehead atoms. The van der Waals surface area contributed by atoms with Crippen molar-refractivity contribution >= 4 is 17.3 Å². The van der Waals surface area contributed by atoms with Crippen LogP contribution in [-0.4, -0.2) is 22.2 Å². The van der Waals surface area contributed by atoms with Crippen LogP contribution in [0.25, 0.3) is 0 Å². The maximum Gasteiger partial charge on any atom is 0.132 e. The van der Waals surface area contributed by atoms with Gasteiger partial charge in [0.25, 0.3) is 0 Å². The van der Waals surface area contributed by atoms with Crippen LogP contribution in [0.3, 0.4) is 0 Å². The van der Waals surface area contributed by atoms with Crippen LogP contribution in [0.2, 0.25) is 5.15 Å². The van der Waals surface area contributed by atoms with E-state index in [2.05, 4.69) is 10.3 Å². The van der Waals surface area contributed by atoms with E-state index in [1.807, 2.05) is 13.0 Å². The van der Waals surface area contributed by atoms with Gasteiger partial charge in [-0.25, -0.2) is 4.98 Å². The first-order valence-electron chi connectivity index (χ1n) is 5.73. The van der Waals surface area contributed by atoms with E-state index >= 15 is 0 Å². The highest BCUT2D eigenvalue weighted by Gasteiger charge is 2.22. The fourth-order valence-corrected chi connectivity index (χ4v) is 2.23. The van der Waals surface area contributed by atoms with Crippen molar-refractivity contribution < 1.29 is 5.11 Å². The van der Waals surface area contributed by atoms with Gasteiger partial charge in [-0.1, -0.05) is 24.4 Å². The average molecular weight is 241 g/mol. The zero-order valence-electron chi connectivity index (χ0n) is 9.41.